The lowest BCUT2D eigenvalue weighted by Gasteiger charge is -2.25. The molecule has 0 aliphatic rings. The zero-order valence-electron chi connectivity index (χ0n) is 21.8. The number of hydrogen-bond acceptors (Lipinski definition) is 4. The lowest BCUT2D eigenvalue weighted by molar-refractivity contribution is 0.596. The zero-order chi connectivity index (χ0) is 25.0. The normalized spacial score (nSPS) is 13.4. The van der Waals surface area contributed by atoms with Gasteiger partial charge in [-0.3, -0.25) is 19.9 Å². The Bertz CT molecular complexity index is 1200. The molecule has 0 fully saturated rings. The lowest BCUT2D eigenvalue weighted by atomic mass is 9.84. The Morgan fingerprint density at radius 3 is 1.46 bits per heavy atom. The van der Waals surface area contributed by atoms with E-state index in [0.29, 0.717) is 11.8 Å². The molecule has 4 rings (SSSR count). The first-order valence-electron chi connectivity index (χ1n) is 12.7. The van der Waals surface area contributed by atoms with E-state index in [1.165, 1.54) is 0 Å². The highest BCUT2D eigenvalue weighted by atomic mass is 14.8. The second kappa shape index (κ2) is 10.5. The Morgan fingerprint density at radius 2 is 1.06 bits per heavy atom. The van der Waals surface area contributed by atoms with Crippen molar-refractivity contribution < 1.29 is 0 Å². The molecule has 4 heteroatoms. The van der Waals surface area contributed by atoms with Crippen molar-refractivity contribution in [3.05, 3.63) is 95.8 Å². The molecule has 0 aliphatic carbocycles. The van der Waals surface area contributed by atoms with Crippen LogP contribution in [0.3, 0.4) is 0 Å². The van der Waals surface area contributed by atoms with E-state index in [1.54, 1.807) is 0 Å². The van der Waals surface area contributed by atoms with Crippen molar-refractivity contribution in [2.75, 3.05) is 0 Å². The average molecular weight is 465 g/mol. The van der Waals surface area contributed by atoms with E-state index in [9.17, 15) is 0 Å². The summed E-state index contributed by atoms with van der Waals surface area (Å²) in [6.45, 7) is 13.2. The Labute approximate surface area is 209 Å². The van der Waals surface area contributed by atoms with Crippen molar-refractivity contribution in [1.82, 2.24) is 19.9 Å². The van der Waals surface area contributed by atoms with Crippen LogP contribution in [0.15, 0.2) is 73.1 Å². The van der Waals surface area contributed by atoms with E-state index in [2.05, 4.69) is 90.1 Å². The van der Waals surface area contributed by atoms with E-state index in [0.717, 1.165) is 58.1 Å². The van der Waals surface area contributed by atoms with Gasteiger partial charge in [0.05, 0.1) is 34.2 Å². The van der Waals surface area contributed by atoms with Crippen LogP contribution < -0.4 is 0 Å². The molecule has 0 spiro atoms. The molecular weight excluding hydrogens is 428 g/mol. The van der Waals surface area contributed by atoms with Crippen LogP contribution in [-0.2, 0) is 5.41 Å². The summed E-state index contributed by atoms with van der Waals surface area (Å²) >= 11 is 0. The monoisotopic (exact) mass is 464 g/mol. The molecule has 0 amide bonds. The van der Waals surface area contributed by atoms with Crippen molar-refractivity contribution >= 4 is 0 Å². The Morgan fingerprint density at radius 1 is 0.629 bits per heavy atom. The number of aromatic nitrogens is 4. The molecule has 2 atom stereocenters. The fourth-order valence-electron chi connectivity index (χ4n) is 4.44. The molecular formula is C31H36N4. The van der Waals surface area contributed by atoms with Crippen LogP contribution in [0.4, 0.5) is 0 Å². The molecule has 4 aromatic heterocycles. The minimum absolute atomic E-state index is 0.372. The van der Waals surface area contributed by atoms with Gasteiger partial charge in [-0.2, -0.15) is 0 Å². The summed E-state index contributed by atoms with van der Waals surface area (Å²) in [5, 5.41) is 0. The molecule has 0 radical (unpaired) electrons. The number of pyridine rings is 4. The maximum absolute atomic E-state index is 5.14. The highest BCUT2D eigenvalue weighted by molar-refractivity contribution is 5.64. The van der Waals surface area contributed by atoms with Crippen molar-refractivity contribution in [1.29, 1.82) is 0 Å². The third kappa shape index (κ3) is 5.02. The quantitative estimate of drug-likeness (QED) is 0.265. The third-order valence-corrected chi connectivity index (χ3v) is 7.17. The molecule has 0 aromatic carbocycles. The van der Waals surface area contributed by atoms with E-state index in [-0.39, 0.29) is 5.41 Å². The number of hydrogen-bond donors (Lipinski definition) is 0. The van der Waals surface area contributed by atoms with E-state index >= 15 is 0 Å². The summed E-state index contributed by atoms with van der Waals surface area (Å²) in [5.74, 6) is 0.754. The third-order valence-electron chi connectivity index (χ3n) is 7.17. The summed E-state index contributed by atoms with van der Waals surface area (Å²) in [6.07, 6.45) is 5.83. The maximum atomic E-state index is 5.14. The lowest BCUT2D eigenvalue weighted by Crippen LogP contribution is -2.22. The van der Waals surface area contributed by atoms with Crippen LogP contribution in [0.2, 0.25) is 0 Å². The fourth-order valence-corrected chi connectivity index (χ4v) is 4.44. The number of rotatable bonds is 8. The molecule has 0 N–H and O–H groups in total. The van der Waals surface area contributed by atoms with Gasteiger partial charge in [0, 0.05) is 28.9 Å². The van der Waals surface area contributed by atoms with E-state index < -0.39 is 0 Å². The standard InChI is InChI=1S/C31H36N4/c1-7-21(3)29-23(13-11-19-32-29)25-15-9-17-27(34-25)31(5,6)28-18-10-16-26(35-28)24-14-12-20-33-30(24)22(4)8-2/h9-22H,7-8H2,1-6H3. The SMILES string of the molecule is CCC(C)c1ncccc1-c1cccc(C(C)(C)c2cccc(-c3cccnc3C(C)CC)n2)n1. The van der Waals surface area contributed by atoms with E-state index in [1.807, 2.05) is 24.5 Å². The molecule has 0 saturated carbocycles. The molecule has 35 heavy (non-hydrogen) atoms. The van der Waals surface area contributed by atoms with Crippen molar-refractivity contribution in [2.24, 2.45) is 0 Å². The highest BCUT2D eigenvalue weighted by Gasteiger charge is 2.28. The molecule has 180 valence electrons. The molecule has 0 aliphatic heterocycles. The molecule has 4 heterocycles. The van der Waals surface area contributed by atoms with Gasteiger partial charge in [-0.1, -0.05) is 39.8 Å². The number of nitrogens with zero attached hydrogens (tertiary/aromatic N) is 4. The van der Waals surface area contributed by atoms with Gasteiger partial charge in [0.25, 0.3) is 0 Å². The zero-order valence-corrected chi connectivity index (χ0v) is 21.8. The van der Waals surface area contributed by atoms with Crippen molar-refractivity contribution in [3.8, 4) is 22.5 Å². The largest absolute Gasteiger partial charge is 0.260 e. The molecule has 4 aromatic rings. The van der Waals surface area contributed by atoms with Gasteiger partial charge in [0.1, 0.15) is 0 Å². The van der Waals surface area contributed by atoms with Gasteiger partial charge in [-0.05, 0) is 87.1 Å². The van der Waals surface area contributed by atoms with Crippen LogP contribution in [0.1, 0.15) is 89.0 Å². The summed E-state index contributed by atoms with van der Waals surface area (Å²) < 4.78 is 0. The second-order valence-corrected chi connectivity index (χ2v) is 9.93. The smallest absolute Gasteiger partial charge is 0.0724 e. The minimum Gasteiger partial charge on any atom is -0.260 e. The molecule has 4 nitrogen and oxygen atoms in total. The summed E-state index contributed by atoms with van der Waals surface area (Å²) in [7, 11) is 0. The molecule has 0 saturated heterocycles. The summed E-state index contributed by atoms with van der Waals surface area (Å²) in [6, 6.07) is 20.8. The van der Waals surface area contributed by atoms with Crippen LogP contribution in [0, 0.1) is 0 Å². The maximum Gasteiger partial charge on any atom is 0.0724 e. The van der Waals surface area contributed by atoms with Gasteiger partial charge < -0.3 is 0 Å². The average Bonchev–Trinajstić information content (AvgIpc) is 2.92. The van der Waals surface area contributed by atoms with Gasteiger partial charge in [0.2, 0.25) is 0 Å². The van der Waals surface area contributed by atoms with Crippen LogP contribution in [0.25, 0.3) is 22.5 Å². The van der Waals surface area contributed by atoms with Crippen LogP contribution in [-0.4, -0.2) is 19.9 Å². The van der Waals surface area contributed by atoms with Gasteiger partial charge in [0.15, 0.2) is 0 Å². The molecule has 0 bridgehead atoms. The second-order valence-electron chi connectivity index (χ2n) is 9.93. The van der Waals surface area contributed by atoms with Gasteiger partial charge in [-0.15, -0.1) is 0 Å². The Kier molecular flexibility index (Phi) is 7.39. The van der Waals surface area contributed by atoms with Crippen LogP contribution in [0.5, 0.6) is 0 Å². The Balaban J connectivity index is 1.76. The Hall–Kier alpha value is -3.40. The van der Waals surface area contributed by atoms with Crippen LogP contribution >= 0.6 is 0 Å². The molecule has 2 unspecified atom stereocenters. The first-order chi connectivity index (χ1) is 16.9. The predicted molar refractivity (Wildman–Crippen MR) is 144 cm³/mol. The fraction of sp³-hybridized carbons (Fsp3) is 0.355. The summed E-state index contributed by atoms with van der Waals surface area (Å²) in [5.41, 5.74) is 7.95. The van der Waals surface area contributed by atoms with Crippen molar-refractivity contribution in [3.63, 3.8) is 0 Å². The summed E-state index contributed by atoms with van der Waals surface area (Å²) in [4.78, 5) is 19.7. The minimum atomic E-state index is -0.372. The topological polar surface area (TPSA) is 51.6 Å². The predicted octanol–water partition coefficient (Wildman–Crippen LogP) is 7.95. The van der Waals surface area contributed by atoms with Gasteiger partial charge >= 0.3 is 0 Å². The van der Waals surface area contributed by atoms with E-state index in [4.69, 9.17) is 19.9 Å². The highest BCUT2D eigenvalue weighted by Crippen LogP contribution is 2.35. The van der Waals surface area contributed by atoms with Gasteiger partial charge in [-0.25, -0.2) is 0 Å². The first-order valence-corrected chi connectivity index (χ1v) is 12.7. The van der Waals surface area contributed by atoms with Crippen molar-refractivity contribution in [2.45, 2.75) is 71.6 Å². The first kappa shape index (κ1) is 24.7.